The molecule has 5 rings (SSSR count). The van der Waals surface area contributed by atoms with Crippen LogP contribution in [0.1, 0.15) is 62.0 Å². The van der Waals surface area contributed by atoms with Gasteiger partial charge in [0.2, 0.25) is 0 Å². The fourth-order valence-electron chi connectivity index (χ4n) is 5.86. The first-order chi connectivity index (χ1) is 19.2. The summed E-state index contributed by atoms with van der Waals surface area (Å²) in [6.45, 7) is 0.437. The molecule has 0 fully saturated rings. The zero-order chi connectivity index (χ0) is 28.6. The van der Waals surface area contributed by atoms with Crippen molar-refractivity contribution in [2.24, 2.45) is 0 Å². The molecule has 0 atom stereocenters. The van der Waals surface area contributed by atoms with Gasteiger partial charge in [-0.05, 0) is 78.1 Å². The molecule has 2 aromatic carbocycles. The highest BCUT2D eigenvalue weighted by Gasteiger charge is 2.43. The van der Waals surface area contributed by atoms with Crippen LogP contribution in [0.4, 0.5) is 0 Å². The van der Waals surface area contributed by atoms with Gasteiger partial charge in [-0.3, -0.25) is 14.4 Å². The fraction of sp³-hybridized carbons (Fsp3) is 0.367. The molecule has 0 saturated carbocycles. The average Bonchev–Trinajstić information content (AvgIpc) is 2.91. The number of carboxylic acid groups (broad SMARTS) is 1. The van der Waals surface area contributed by atoms with Gasteiger partial charge < -0.3 is 19.5 Å². The second-order valence-corrected chi connectivity index (χ2v) is 12.1. The standard InChI is InChI=1S/C30H28Cl2INO6/c1-39-25-13-17(12-20(33)30(25)40-15-16-8-9-18(31)14-19(16)32)27-28-21(4-2-6-23(28)35)34(11-10-26(37)38)22-5-3-7-24(36)29(22)27/h8-9,12-14,27H,2-7,10-11,15H2,1H3,(H,37,38). The van der Waals surface area contributed by atoms with Gasteiger partial charge in [-0.25, -0.2) is 0 Å². The number of ether oxygens (including phenoxy) is 2. The highest BCUT2D eigenvalue weighted by Crippen LogP contribution is 2.50. The Morgan fingerprint density at radius 2 is 1.68 bits per heavy atom. The normalized spacial score (nSPS) is 17.6. The summed E-state index contributed by atoms with van der Waals surface area (Å²) in [6, 6.07) is 9.01. The molecule has 0 spiro atoms. The van der Waals surface area contributed by atoms with E-state index >= 15 is 0 Å². The van der Waals surface area contributed by atoms with Gasteiger partial charge in [0.25, 0.3) is 0 Å². The maximum atomic E-state index is 13.5. The lowest BCUT2D eigenvalue weighted by Crippen LogP contribution is -2.40. The van der Waals surface area contributed by atoms with Crippen molar-refractivity contribution in [2.75, 3.05) is 13.7 Å². The summed E-state index contributed by atoms with van der Waals surface area (Å²) in [4.78, 5) is 40.4. The second kappa shape index (κ2) is 12.1. The van der Waals surface area contributed by atoms with Crippen LogP contribution in [0.5, 0.6) is 11.5 Å². The molecular formula is C30H28Cl2INO6. The van der Waals surface area contributed by atoms with Crippen molar-refractivity contribution in [1.29, 1.82) is 0 Å². The van der Waals surface area contributed by atoms with Gasteiger partial charge in [-0.15, -0.1) is 0 Å². The maximum Gasteiger partial charge on any atom is 0.305 e. The van der Waals surface area contributed by atoms with E-state index in [9.17, 15) is 19.5 Å². The van der Waals surface area contributed by atoms with Crippen LogP contribution in [0.25, 0.3) is 0 Å². The first kappa shape index (κ1) is 29.0. The van der Waals surface area contributed by atoms with E-state index in [1.165, 1.54) is 0 Å². The van der Waals surface area contributed by atoms with Gasteiger partial charge in [0, 0.05) is 63.5 Å². The summed E-state index contributed by atoms with van der Waals surface area (Å²) in [5.41, 5.74) is 4.45. The molecule has 0 aromatic heterocycles. The number of aliphatic carboxylic acids is 1. The number of rotatable bonds is 8. The van der Waals surface area contributed by atoms with Crippen molar-refractivity contribution in [1.82, 2.24) is 4.90 Å². The van der Waals surface area contributed by atoms with Crippen LogP contribution in [0.15, 0.2) is 52.9 Å². The SMILES string of the molecule is COc1cc(C2C3=C(CCCC3=O)N(CCC(=O)O)C3=C2C(=O)CCC3)cc(I)c1OCc1ccc(Cl)cc1Cl. The second-order valence-electron chi connectivity index (χ2n) is 10.1. The molecule has 0 bridgehead atoms. The number of allylic oxidation sites excluding steroid dienone is 4. The molecule has 7 nitrogen and oxygen atoms in total. The maximum absolute atomic E-state index is 13.5. The predicted molar refractivity (Wildman–Crippen MR) is 160 cm³/mol. The lowest BCUT2D eigenvalue weighted by Gasteiger charge is -2.44. The Morgan fingerprint density at radius 1 is 1.02 bits per heavy atom. The Kier molecular flexibility index (Phi) is 8.78. The van der Waals surface area contributed by atoms with Crippen molar-refractivity contribution in [3.8, 4) is 11.5 Å². The largest absolute Gasteiger partial charge is 0.493 e. The van der Waals surface area contributed by atoms with Gasteiger partial charge in [0.05, 0.1) is 17.1 Å². The third kappa shape index (κ3) is 5.63. The van der Waals surface area contributed by atoms with Gasteiger partial charge in [-0.1, -0.05) is 29.3 Å². The minimum absolute atomic E-state index is 0.00294. The molecule has 1 aliphatic heterocycles. The lowest BCUT2D eigenvalue weighted by atomic mass is 9.71. The number of Topliss-reactive ketones (excluding diaryl/α,β-unsaturated/α-hetero) is 2. The fourth-order valence-corrected chi connectivity index (χ4v) is 7.11. The van der Waals surface area contributed by atoms with E-state index in [0.717, 1.165) is 26.1 Å². The average molecular weight is 696 g/mol. The molecule has 1 heterocycles. The number of nitrogens with zero attached hydrogens (tertiary/aromatic N) is 1. The van der Waals surface area contributed by atoms with Crippen LogP contribution in [0, 0.1) is 3.57 Å². The van der Waals surface area contributed by atoms with Gasteiger partial charge in [0.1, 0.15) is 6.61 Å². The van der Waals surface area contributed by atoms with Crippen LogP contribution < -0.4 is 9.47 Å². The van der Waals surface area contributed by atoms with Crippen LogP contribution in [-0.4, -0.2) is 41.2 Å². The van der Waals surface area contributed by atoms with Crippen molar-refractivity contribution < 1.29 is 29.0 Å². The Bertz CT molecular complexity index is 1420. The van der Waals surface area contributed by atoms with Crippen molar-refractivity contribution in [3.63, 3.8) is 0 Å². The third-order valence-corrected chi connectivity index (χ3v) is 9.00. The number of halogens is 3. The molecule has 10 heteroatoms. The smallest absolute Gasteiger partial charge is 0.305 e. The van der Waals surface area contributed by atoms with Crippen molar-refractivity contribution >= 4 is 63.3 Å². The van der Waals surface area contributed by atoms with Crippen molar-refractivity contribution in [3.05, 3.63) is 77.6 Å². The molecule has 0 radical (unpaired) electrons. The van der Waals surface area contributed by atoms with E-state index in [1.54, 1.807) is 19.2 Å². The Balaban J connectivity index is 1.58. The number of carbonyl (C=O) groups is 3. The predicted octanol–water partition coefficient (Wildman–Crippen LogP) is 7.07. The van der Waals surface area contributed by atoms with E-state index in [2.05, 4.69) is 22.6 Å². The number of hydrogen-bond donors (Lipinski definition) is 1. The van der Waals surface area contributed by atoms with E-state index < -0.39 is 11.9 Å². The molecule has 210 valence electrons. The zero-order valence-electron chi connectivity index (χ0n) is 21.9. The topological polar surface area (TPSA) is 93.1 Å². The van der Waals surface area contributed by atoms with E-state index in [-0.39, 0.29) is 31.1 Å². The Hall–Kier alpha value is -2.56. The third-order valence-electron chi connectivity index (χ3n) is 7.61. The number of hydrogen-bond acceptors (Lipinski definition) is 6. The minimum Gasteiger partial charge on any atom is -0.493 e. The molecule has 2 aliphatic carbocycles. The van der Waals surface area contributed by atoms with Gasteiger partial charge in [-0.2, -0.15) is 0 Å². The summed E-state index contributed by atoms with van der Waals surface area (Å²) in [5.74, 6) is -0.424. The summed E-state index contributed by atoms with van der Waals surface area (Å²) in [6.07, 6.45) is 3.46. The molecule has 3 aliphatic rings. The van der Waals surface area contributed by atoms with Gasteiger partial charge >= 0.3 is 5.97 Å². The molecule has 0 unspecified atom stereocenters. The molecule has 40 heavy (non-hydrogen) atoms. The first-order valence-corrected chi connectivity index (χ1v) is 15.0. The Morgan fingerprint density at radius 3 is 2.25 bits per heavy atom. The van der Waals surface area contributed by atoms with E-state index in [4.69, 9.17) is 32.7 Å². The summed E-state index contributed by atoms with van der Waals surface area (Å²) in [5, 5.41) is 10.4. The monoisotopic (exact) mass is 695 g/mol. The van der Waals surface area contributed by atoms with Gasteiger partial charge in [0.15, 0.2) is 23.1 Å². The quantitative estimate of drug-likeness (QED) is 0.295. The highest BCUT2D eigenvalue weighted by molar-refractivity contribution is 14.1. The van der Waals surface area contributed by atoms with Crippen LogP contribution in [0.3, 0.4) is 0 Å². The molecule has 1 N–H and O–H groups in total. The number of methoxy groups -OCH3 is 1. The number of ketones is 2. The number of carbonyl (C=O) groups excluding carboxylic acids is 2. The number of benzene rings is 2. The summed E-state index contributed by atoms with van der Waals surface area (Å²) in [7, 11) is 1.55. The van der Waals surface area contributed by atoms with Crippen molar-refractivity contribution in [2.45, 2.75) is 57.5 Å². The van der Waals surface area contributed by atoms with Crippen LogP contribution in [0.2, 0.25) is 10.0 Å². The lowest BCUT2D eigenvalue weighted by molar-refractivity contribution is -0.137. The number of carboxylic acids is 1. The molecular weight excluding hydrogens is 668 g/mol. The molecule has 0 amide bonds. The first-order valence-electron chi connectivity index (χ1n) is 13.2. The minimum atomic E-state index is -0.912. The van der Waals surface area contributed by atoms with E-state index in [0.29, 0.717) is 71.2 Å². The van der Waals surface area contributed by atoms with Crippen LogP contribution >= 0.6 is 45.8 Å². The summed E-state index contributed by atoms with van der Waals surface area (Å²) >= 11 is 14.5. The van der Waals surface area contributed by atoms with Crippen LogP contribution in [-0.2, 0) is 21.0 Å². The molecule has 2 aromatic rings. The summed E-state index contributed by atoms with van der Waals surface area (Å²) < 4.78 is 12.7. The molecule has 0 saturated heterocycles. The zero-order valence-corrected chi connectivity index (χ0v) is 25.6. The van der Waals surface area contributed by atoms with E-state index in [1.807, 2.05) is 23.1 Å². The highest BCUT2D eigenvalue weighted by atomic mass is 127. The Labute approximate surface area is 256 Å².